The molecule has 0 saturated heterocycles. The molecule has 1 atom stereocenters. The highest BCUT2D eigenvalue weighted by atomic mass is 32.1. The number of thiophene rings is 1. The van der Waals surface area contributed by atoms with Gasteiger partial charge in [0, 0.05) is 11.4 Å². The molecule has 0 saturated carbocycles. The molecule has 1 aromatic carbocycles. The number of rotatable bonds is 9. The minimum atomic E-state index is -0.787. The van der Waals surface area contributed by atoms with Gasteiger partial charge < -0.3 is 14.7 Å². The lowest BCUT2D eigenvalue weighted by Crippen LogP contribution is -2.15. The highest BCUT2D eigenvalue weighted by Gasteiger charge is 2.21. The van der Waals surface area contributed by atoms with Crippen molar-refractivity contribution in [3.05, 3.63) is 52.2 Å². The molecule has 1 N–H and O–H groups in total. The monoisotopic (exact) mass is 333 g/mol. The van der Waals surface area contributed by atoms with Crippen molar-refractivity contribution in [1.29, 1.82) is 0 Å². The molecule has 0 spiro atoms. The summed E-state index contributed by atoms with van der Waals surface area (Å²) in [4.78, 5) is 14.5. The molecule has 0 amide bonds. The molecule has 124 valence electrons. The molecule has 4 nitrogen and oxygen atoms in total. The summed E-state index contributed by atoms with van der Waals surface area (Å²) in [6.45, 7) is 1.65. The van der Waals surface area contributed by atoms with E-state index in [1.165, 1.54) is 11.3 Å². The second kappa shape index (κ2) is 8.70. The highest BCUT2D eigenvalue weighted by molar-refractivity contribution is 7.10. The van der Waals surface area contributed by atoms with Crippen LogP contribution in [0.25, 0.3) is 0 Å². The number of hydrogen-bond donors (Lipinski definition) is 1. The summed E-state index contributed by atoms with van der Waals surface area (Å²) < 4.78 is 5.76. The van der Waals surface area contributed by atoms with Crippen molar-refractivity contribution in [2.75, 3.05) is 27.2 Å². The Bertz CT molecular complexity index is 610. The summed E-state index contributed by atoms with van der Waals surface area (Å²) in [6, 6.07) is 11.5. The number of carboxylic acids is 1. The number of aliphatic carboxylic acids is 1. The number of nitrogens with zero attached hydrogens (tertiary/aromatic N) is 1. The smallest absolute Gasteiger partial charge is 0.312 e. The lowest BCUT2D eigenvalue weighted by Gasteiger charge is -2.13. The third-order valence-corrected chi connectivity index (χ3v) is 4.53. The van der Waals surface area contributed by atoms with Crippen LogP contribution in [0.5, 0.6) is 5.75 Å². The molecule has 0 bridgehead atoms. The van der Waals surface area contributed by atoms with E-state index in [4.69, 9.17) is 4.74 Å². The first-order valence-electron chi connectivity index (χ1n) is 7.69. The Morgan fingerprint density at radius 3 is 2.78 bits per heavy atom. The third-order valence-electron chi connectivity index (χ3n) is 3.54. The van der Waals surface area contributed by atoms with Crippen molar-refractivity contribution in [3.8, 4) is 5.75 Å². The zero-order valence-corrected chi connectivity index (χ0v) is 14.4. The molecule has 1 aromatic heterocycles. The van der Waals surface area contributed by atoms with E-state index in [0.717, 1.165) is 29.2 Å². The standard InChI is InChI=1S/C18H23NO3S/c1-19(2)9-5-10-22-15-7-3-6-14(12-15)13-16(18(20)21)17-8-4-11-23-17/h3-4,6-8,11-12,16H,5,9-10,13H2,1-2H3,(H,20,21). The molecule has 1 heterocycles. The van der Waals surface area contributed by atoms with Crippen molar-refractivity contribution in [2.45, 2.75) is 18.8 Å². The molecule has 2 rings (SSSR count). The Morgan fingerprint density at radius 2 is 2.13 bits per heavy atom. The number of carbonyl (C=O) groups is 1. The van der Waals surface area contributed by atoms with Crippen LogP contribution in [0.4, 0.5) is 0 Å². The van der Waals surface area contributed by atoms with Gasteiger partial charge in [-0.05, 0) is 56.1 Å². The van der Waals surface area contributed by atoms with Gasteiger partial charge in [-0.1, -0.05) is 18.2 Å². The van der Waals surface area contributed by atoms with Crippen molar-refractivity contribution in [3.63, 3.8) is 0 Å². The first-order chi connectivity index (χ1) is 11.1. The average molecular weight is 333 g/mol. The minimum Gasteiger partial charge on any atom is -0.494 e. The van der Waals surface area contributed by atoms with E-state index >= 15 is 0 Å². The maximum Gasteiger partial charge on any atom is 0.312 e. The van der Waals surface area contributed by atoms with Crippen molar-refractivity contribution in [2.24, 2.45) is 0 Å². The summed E-state index contributed by atoms with van der Waals surface area (Å²) in [6.07, 6.45) is 1.44. The number of ether oxygens (including phenoxy) is 1. The van der Waals surface area contributed by atoms with E-state index < -0.39 is 11.9 Å². The molecule has 0 aliphatic carbocycles. The van der Waals surface area contributed by atoms with Gasteiger partial charge in [0.05, 0.1) is 12.5 Å². The molecule has 23 heavy (non-hydrogen) atoms. The molecular weight excluding hydrogens is 310 g/mol. The van der Waals surface area contributed by atoms with Gasteiger partial charge >= 0.3 is 5.97 Å². The maximum atomic E-state index is 11.5. The zero-order chi connectivity index (χ0) is 16.7. The Labute approximate surface area is 141 Å². The van der Waals surface area contributed by atoms with E-state index in [9.17, 15) is 9.90 Å². The Morgan fingerprint density at radius 1 is 1.30 bits per heavy atom. The largest absolute Gasteiger partial charge is 0.494 e. The molecule has 0 aliphatic heterocycles. The third kappa shape index (κ3) is 5.69. The summed E-state index contributed by atoms with van der Waals surface area (Å²) >= 11 is 1.49. The van der Waals surface area contributed by atoms with Crippen LogP contribution in [0.3, 0.4) is 0 Å². The molecule has 0 radical (unpaired) electrons. The number of benzene rings is 1. The van der Waals surface area contributed by atoms with Crippen molar-refractivity contribution >= 4 is 17.3 Å². The normalized spacial score (nSPS) is 12.3. The van der Waals surface area contributed by atoms with Gasteiger partial charge in [0.15, 0.2) is 0 Å². The number of carboxylic acid groups (broad SMARTS) is 1. The van der Waals surface area contributed by atoms with E-state index in [2.05, 4.69) is 4.90 Å². The maximum absolute atomic E-state index is 11.5. The quantitative estimate of drug-likeness (QED) is 0.714. The first kappa shape index (κ1) is 17.5. The van der Waals surface area contributed by atoms with Crippen LogP contribution in [0.2, 0.25) is 0 Å². The molecular formula is C18H23NO3S. The first-order valence-corrected chi connectivity index (χ1v) is 8.57. The molecule has 0 aliphatic rings. The van der Waals surface area contributed by atoms with Crippen LogP contribution in [0.15, 0.2) is 41.8 Å². The predicted octanol–water partition coefficient (Wildman–Crippen LogP) is 3.49. The highest BCUT2D eigenvalue weighted by Crippen LogP contribution is 2.26. The zero-order valence-electron chi connectivity index (χ0n) is 13.6. The topological polar surface area (TPSA) is 49.8 Å². The van der Waals surface area contributed by atoms with Crippen LogP contribution in [-0.4, -0.2) is 43.2 Å². The second-order valence-electron chi connectivity index (χ2n) is 5.76. The number of hydrogen-bond acceptors (Lipinski definition) is 4. The van der Waals surface area contributed by atoms with E-state index in [-0.39, 0.29) is 0 Å². The van der Waals surface area contributed by atoms with Crippen LogP contribution >= 0.6 is 11.3 Å². The summed E-state index contributed by atoms with van der Waals surface area (Å²) in [5.74, 6) is -0.486. The van der Waals surface area contributed by atoms with Crippen molar-refractivity contribution < 1.29 is 14.6 Å². The Balaban J connectivity index is 1.97. The second-order valence-corrected chi connectivity index (χ2v) is 6.74. The van der Waals surface area contributed by atoms with Crippen molar-refractivity contribution in [1.82, 2.24) is 4.90 Å². The Hall–Kier alpha value is -1.85. The van der Waals surface area contributed by atoms with Gasteiger partial charge in [-0.25, -0.2) is 0 Å². The summed E-state index contributed by atoms with van der Waals surface area (Å²) in [7, 11) is 4.08. The van der Waals surface area contributed by atoms with Gasteiger partial charge in [-0.15, -0.1) is 11.3 Å². The van der Waals surface area contributed by atoms with Gasteiger partial charge in [0.2, 0.25) is 0 Å². The molecule has 1 unspecified atom stereocenters. The Kier molecular flexibility index (Phi) is 6.62. The lowest BCUT2D eigenvalue weighted by atomic mass is 9.98. The van der Waals surface area contributed by atoms with E-state index in [1.807, 2.05) is 55.9 Å². The lowest BCUT2D eigenvalue weighted by molar-refractivity contribution is -0.138. The van der Waals surface area contributed by atoms with Gasteiger partial charge in [0.1, 0.15) is 5.75 Å². The fourth-order valence-corrected chi connectivity index (χ4v) is 3.19. The molecule has 2 aromatic rings. The van der Waals surface area contributed by atoms with Crippen LogP contribution in [0.1, 0.15) is 22.8 Å². The predicted molar refractivity (Wildman–Crippen MR) is 93.5 cm³/mol. The summed E-state index contributed by atoms with van der Waals surface area (Å²) in [5, 5.41) is 11.4. The van der Waals surface area contributed by atoms with Crippen LogP contribution in [0, 0.1) is 0 Å². The van der Waals surface area contributed by atoms with Gasteiger partial charge in [-0.3, -0.25) is 4.79 Å². The molecule has 0 fully saturated rings. The van der Waals surface area contributed by atoms with E-state index in [1.54, 1.807) is 0 Å². The fraction of sp³-hybridized carbons (Fsp3) is 0.389. The fourth-order valence-electron chi connectivity index (χ4n) is 2.37. The van der Waals surface area contributed by atoms with Gasteiger partial charge in [-0.2, -0.15) is 0 Å². The average Bonchev–Trinajstić information content (AvgIpc) is 3.03. The van der Waals surface area contributed by atoms with Gasteiger partial charge in [0.25, 0.3) is 0 Å². The SMILES string of the molecule is CN(C)CCCOc1cccc(CC(C(=O)O)c2cccs2)c1. The van der Waals surface area contributed by atoms with Crippen LogP contribution in [-0.2, 0) is 11.2 Å². The van der Waals surface area contributed by atoms with E-state index in [0.29, 0.717) is 13.0 Å². The summed E-state index contributed by atoms with van der Waals surface area (Å²) in [5.41, 5.74) is 0.982. The minimum absolute atomic E-state index is 0.477. The molecule has 5 heteroatoms. The van der Waals surface area contributed by atoms with Crippen LogP contribution < -0.4 is 4.74 Å².